The Bertz CT molecular complexity index is 1220. The molecule has 2 aliphatic heterocycles. The highest BCUT2D eigenvalue weighted by molar-refractivity contribution is 7.93. The standard InChI is InChI=1S/C22H22N4O3S2/c1-15-2-3-16-8-11-26(20(16)14-15)19-9-12-25(21(19)27)17-4-6-18(7-5-17)31(28,29)24-22-23-10-13-30-22/h2-7,10,13-14,19H,8-9,11-12H2,1H3,(H,23,24)/t19-/m0/s1. The maximum Gasteiger partial charge on any atom is 0.263 e. The number of sulfonamides is 1. The highest BCUT2D eigenvalue weighted by Crippen LogP contribution is 2.35. The number of thiazole rings is 1. The molecule has 2 aliphatic rings. The van der Waals surface area contributed by atoms with Gasteiger partial charge in [0.05, 0.1) is 4.90 Å². The van der Waals surface area contributed by atoms with Crippen molar-refractivity contribution in [1.82, 2.24) is 4.98 Å². The zero-order chi connectivity index (χ0) is 21.6. The lowest BCUT2D eigenvalue weighted by Crippen LogP contribution is -2.41. The topological polar surface area (TPSA) is 82.6 Å². The van der Waals surface area contributed by atoms with Crippen molar-refractivity contribution in [1.29, 1.82) is 0 Å². The molecule has 1 N–H and O–H groups in total. The van der Waals surface area contributed by atoms with E-state index < -0.39 is 10.0 Å². The summed E-state index contributed by atoms with van der Waals surface area (Å²) in [6.07, 6.45) is 3.25. The van der Waals surface area contributed by atoms with Gasteiger partial charge in [0.15, 0.2) is 5.13 Å². The summed E-state index contributed by atoms with van der Waals surface area (Å²) in [6, 6.07) is 12.7. The maximum atomic E-state index is 13.2. The lowest BCUT2D eigenvalue weighted by atomic mass is 10.1. The monoisotopic (exact) mass is 454 g/mol. The van der Waals surface area contributed by atoms with Crippen molar-refractivity contribution in [3.05, 3.63) is 65.2 Å². The zero-order valence-corrected chi connectivity index (χ0v) is 18.6. The average Bonchev–Trinajstić information content (AvgIpc) is 3.48. The second-order valence-electron chi connectivity index (χ2n) is 7.81. The second kappa shape index (κ2) is 7.65. The Morgan fingerprint density at radius 3 is 2.68 bits per heavy atom. The SMILES string of the molecule is Cc1ccc2c(c1)N([C@H]1CCN(c3ccc(S(=O)(=O)Nc4nccs4)cc3)C1=O)CC2. The van der Waals surface area contributed by atoms with Crippen LogP contribution in [0.2, 0.25) is 0 Å². The molecule has 0 radical (unpaired) electrons. The normalized spacial score (nSPS) is 18.5. The van der Waals surface area contributed by atoms with E-state index in [1.807, 2.05) is 0 Å². The highest BCUT2D eigenvalue weighted by atomic mass is 32.2. The predicted molar refractivity (Wildman–Crippen MR) is 122 cm³/mol. The van der Waals surface area contributed by atoms with Gasteiger partial charge >= 0.3 is 0 Å². The number of benzene rings is 2. The number of nitrogens with one attached hydrogen (secondary N) is 1. The number of amides is 1. The average molecular weight is 455 g/mol. The van der Waals surface area contributed by atoms with Crippen LogP contribution in [0.4, 0.5) is 16.5 Å². The van der Waals surface area contributed by atoms with Gasteiger partial charge in [0.25, 0.3) is 10.0 Å². The molecular weight excluding hydrogens is 432 g/mol. The van der Waals surface area contributed by atoms with Crippen LogP contribution in [0.15, 0.2) is 58.9 Å². The molecule has 5 rings (SSSR count). The summed E-state index contributed by atoms with van der Waals surface area (Å²) >= 11 is 1.22. The van der Waals surface area contributed by atoms with E-state index in [9.17, 15) is 13.2 Å². The van der Waals surface area contributed by atoms with Crippen molar-refractivity contribution in [3.8, 4) is 0 Å². The van der Waals surface area contributed by atoms with Gasteiger partial charge in [-0.2, -0.15) is 0 Å². The Morgan fingerprint density at radius 2 is 1.94 bits per heavy atom. The highest BCUT2D eigenvalue weighted by Gasteiger charge is 2.39. The Kier molecular flexibility index (Phi) is 4.94. The molecule has 1 fully saturated rings. The Balaban J connectivity index is 1.33. The Hall–Kier alpha value is -2.91. The van der Waals surface area contributed by atoms with E-state index in [-0.39, 0.29) is 16.8 Å². The van der Waals surface area contributed by atoms with Crippen LogP contribution in [0.5, 0.6) is 0 Å². The summed E-state index contributed by atoms with van der Waals surface area (Å²) in [6.45, 7) is 3.53. The van der Waals surface area contributed by atoms with Gasteiger partial charge < -0.3 is 9.80 Å². The molecule has 1 aromatic heterocycles. The van der Waals surface area contributed by atoms with E-state index >= 15 is 0 Å². The lowest BCUT2D eigenvalue weighted by Gasteiger charge is -2.26. The molecule has 3 heterocycles. The second-order valence-corrected chi connectivity index (χ2v) is 10.4. The van der Waals surface area contributed by atoms with Gasteiger partial charge in [-0.1, -0.05) is 12.1 Å². The number of nitrogens with zero attached hydrogens (tertiary/aromatic N) is 3. The molecule has 0 spiro atoms. The van der Waals surface area contributed by atoms with Crippen molar-refractivity contribution in [2.75, 3.05) is 27.6 Å². The number of hydrogen-bond acceptors (Lipinski definition) is 6. The van der Waals surface area contributed by atoms with Crippen molar-refractivity contribution >= 4 is 43.8 Å². The van der Waals surface area contributed by atoms with Crippen LogP contribution in [-0.2, 0) is 21.2 Å². The fourth-order valence-corrected chi connectivity index (χ4v) is 6.09. The third kappa shape index (κ3) is 3.68. The minimum Gasteiger partial charge on any atom is -0.359 e. The molecule has 1 amide bonds. The number of aryl methyl sites for hydroxylation is 1. The summed E-state index contributed by atoms with van der Waals surface area (Å²) < 4.78 is 27.5. The van der Waals surface area contributed by atoms with E-state index in [2.05, 4.69) is 39.7 Å². The molecule has 0 unspecified atom stereocenters. The smallest absolute Gasteiger partial charge is 0.263 e. The first kappa shape index (κ1) is 20.0. The van der Waals surface area contributed by atoms with Crippen LogP contribution in [0.1, 0.15) is 17.5 Å². The number of fused-ring (bicyclic) bond motifs is 1. The van der Waals surface area contributed by atoms with E-state index in [0.717, 1.165) is 25.1 Å². The van der Waals surface area contributed by atoms with Crippen molar-refractivity contribution in [3.63, 3.8) is 0 Å². The lowest BCUT2D eigenvalue weighted by molar-refractivity contribution is -0.118. The summed E-state index contributed by atoms with van der Waals surface area (Å²) in [7, 11) is -3.71. The van der Waals surface area contributed by atoms with Gasteiger partial charge in [-0.15, -0.1) is 11.3 Å². The van der Waals surface area contributed by atoms with Crippen LogP contribution in [0, 0.1) is 6.92 Å². The Labute approximate surface area is 185 Å². The van der Waals surface area contributed by atoms with Gasteiger partial charge in [-0.05, 0) is 61.2 Å². The molecule has 7 nitrogen and oxygen atoms in total. The summed E-state index contributed by atoms with van der Waals surface area (Å²) in [5, 5.41) is 2.03. The van der Waals surface area contributed by atoms with E-state index in [4.69, 9.17) is 0 Å². The first-order chi connectivity index (χ1) is 14.9. The summed E-state index contributed by atoms with van der Waals surface area (Å²) in [5.74, 6) is 0.0610. The molecule has 160 valence electrons. The third-order valence-electron chi connectivity index (χ3n) is 5.84. The van der Waals surface area contributed by atoms with Crippen molar-refractivity contribution in [2.24, 2.45) is 0 Å². The van der Waals surface area contributed by atoms with Gasteiger partial charge in [-0.3, -0.25) is 9.52 Å². The largest absolute Gasteiger partial charge is 0.359 e. The van der Waals surface area contributed by atoms with Crippen LogP contribution in [-0.4, -0.2) is 38.4 Å². The van der Waals surface area contributed by atoms with Crippen molar-refractivity contribution < 1.29 is 13.2 Å². The number of anilines is 3. The van der Waals surface area contributed by atoms with Crippen LogP contribution in [0.25, 0.3) is 0 Å². The van der Waals surface area contributed by atoms with Crippen molar-refractivity contribution in [2.45, 2.75) is 30.7 Å². The minimum absolute atomic E-state index is 0.0610. The molecular formula is C22H22N4O3S2. The number of rotatable bonds is 5. The molecule has 2 aromatic carbocycles. The molecule has 3 aromatic rings. The van der Waals surface area contributed by atoms with E-state index in [1.165, 1.54) is 34.6 Å². The fourth-order valence-electron chi connectivity index (χ4n) is 4.30. The number of aromatic nitrogens is 1. The zero-order valence-electron chi connectivity index (χ0n) is 17.0. The van der Waals surface area contributed by atoms with Crippen LogP contribution >= 0.6 is 11.3 Å². The molecule has 9 heteroatoms. The molecule has 0 aliphatic carbocycles. The molecule has 31 heavy (non-hydrogen) atoms. The van der Waals surface area contributed by atoms with Crippen LogP contribution in [0.3, 0.4) is 0 Å². The van der Waals surface area contributed by atoms with E-state index in [1.54, 1.807) is 28.6 Å². The quantitative estimate of drug-likeness (QED) is 0.639. The number of carbonyl (C=O) groups excluding carboxylic acids is 1. The number of carbonyl (C=O) groups is 1. The number of hydrogen-bond donors (Lipinski definition) is 1. The summed E-state index contributed by atoms with van der Waals surface area (Å²) in [5.41, 5.74) is 4.36. The van der Waals surface area contributed by atoms with Gasteiger partial charge in [0.1, 0.15) is 6.04 Å². The van der Waals surface area contributed by atoms with Gasteiger partial charge in [0.2, 0.25) is 5.91 Å². The first-order valence-electron chi connectivity index (χ1n) is 10.1. The van der Waals surface area contributed by atoms with Crippen LogP contribution < -0.4 is 14.5 Å². The molecule has 0 saturated carbocycles. The minimum atomic E-state index is -3.71. The van der Waals surface area contributed by atoms with Gasteiger partial charge in [-0.25, -0.2) is 13.4 Å². The third-order valence-corrected chi connectivity index (χ3v) is 8.01. The fraction of sp³-hybridized carbons (Fsp3) is 0.273. The predicted octanol–water partition coefficient (Wildman–Crippen LogP) is 3.42. The van der Waals surface area contributed by atoms with Gasteiger partial charge in [0, 0.05) is 36.0 Å². The first-order valence-corrected chi connectivity index (χ1v) is 12.5. The Morgan fingerprint density at radius 1 is 1.13 bits per heavy atom. The molecule has 0 bridgehead atoms. The molecule has 1 saturated heterocycles. The molecule has 1 atom stereocenters. The maximum absolute atomic E-state index is 13.2. The summed E-state index contributed by atoms with van der Waals surface area (Å²) in [4.78, 5) is 21.3. The van der Waals surface area contributed by atoms with E-state index in [0.29, 0.717) is 17.4 Å².